The smallest absolute Gasteiger partial charge is 0.352 e. The van der Waals surface area contributed by atoms with Gasteiger partial charge in [-0.3, -0.25) is 0 Å². The van der Waals surface area contributed by atoms with Crippen LogP contribution < -0.4 is 10.1 Å². The zero-order valence-electron chi connectivity index (χ0n) is 19.5. The molecular formula is C27H34N2O3. The molecule has 0 amide bonds. The molecule has 5 heteroatoms. The molecule has 1 saturated carbocycles. The van der Waals surface area contributed by atoms with Crippen LogP contribution in [0.25, 0.3) is 10.9 Å². The lowest BCUT2D eigenvalue weighted by Gasteiger charge is -2.34. The number of ether oxygens (including phenoxy) is 1. The number of aromatic carboxylic acids is 1. The summed E-state index contributed by atoms with van der Waals surface area (Å²) in [4.78, 5) is 12.5. The Labute approximate surface area is 190 Å². The second-order valence-electron chi connectivity index (χ2n) is 9.28. The topological polar surface area (TPSA) is 63.5 Å². The van der Waals surface area contributed by atoms with Crippen molar-refractivity contribution in [3.05, 3.63) is 64.8 Å². The standard InChI is InChI=1S/C27H34N2O3/c1-17-9-7-11-24(19(17)3)28-15-23-22-13-12-21(32-4)14-25(22)29(26(23)27(30)31)16-20-10-6-5-8-18(20)2/h5-6,8,10,12-14,17,19,24,28H,7,9,11,15-16H2,1-4H3,(H,30,31)/t17-,19+,24-/m1/s1. The van der Waals surface area contributed by atoms with Crippen LogP contribution in [0.15, 0.2) is 42.5 Å². The molecule has 1 aliphatic carbocycles. The minimum absolute atomic E-state index is 0.362. The third-order valence-corrected chi connectivity index (χ3v) is 7.42. The number of rotatable bonds is 7. The normalized spacial score (nSPS) is 21.1. The highest BCUT2D eigenvalue weighted by molar-refractivity contribution is 5.98. The second-order valence-corrected chi connectivity index (χ2v) is 9.28. The molecule has 3 aromatic rings. The van der Waals surface area contributed by atoms with E-state index in [-0.39, 0.29) is 0 Å². The number of fused-ring (bicyclic) bond motifs is 1. The van der Waals surface area contributed by atoms with Crippen molar-refractivity contribution in [2.75, 3.05) is 7.11 Å². The van der Waals surface area contributed by atoms with Gasteiger partial charge in [-0.1, -0.05) is 51.0 Å². The second kappa shape index (κ2) is 9.37. The monoisotopic (exact) mass is 434 g/mol. The summed E-state index contributed by atoms with van der Waals surface area (Å²) in [6, 6.07) is 14.4. The average Bonchev–Trinajstić information content (AvgIpc) is 3.09. The minimum Gasteiger partial charge on any atom is -0.497 e. The Hall–Kier alpha value is -2.79. The molecule has 1 heterocycles. The molecule has 0 spiro atoms. The van der Waals surface area contributed by atoms with Crippen LogP contribution in [0.4, 0.5) is 0 Å². The van der Waals surface area contributed by atoms with Gasteiger partial charge < -0.3 is 19.7 Å². The molecule has 5 nitrogen and oxygen atoms in total. The first-order valence-corrected chi connectivity index (χ1v) is 11.6. The molecule has 1 aromatic heterocycles. The van der Waals surface area contributed by atoms with Crippen LogP contribution in [0.5, 0.6) is 5.75 Å². The Bertz CT molecular complexity index is 1120. The van der Waals surface area contributed by atoms with Gasteiger partial charge in [0.1, 0.15) is 11.4 Å². The average molecular weight is 435 g/mol. The maximum Gasteiger partial charge on any atom is 0.352 e. The Kier molecular flexibility index (Phi) is 6.56. The van der Waals surface area contributed by atoms with Gasteiger partial charge in [-0.2, -0.15) is 0 Å². The summed E-state index contributed by atoms with van der Waals surface area (Å²) in [7, 11) is 1.64. The maximum atomic E-state index is 12.5. The van der Waals surface area contributed by atoms with Crippen molar-refractivity contribution in [3.8, 4) is 5.75 Å². The van der Waals surface area contributed by atoms with Crippen molar-refractivity contribution < 1.29 is 14.6 Å². The molecule has 0 radical (unpaired) electrons. The van der Waals surface area contributed by atoms with E-state index in [1.807, 2.05) is 34.9 Å². The molecule has 1 fully saturated rings. The van der Waals surface area contributed by atoms with E-state index in [1.54, 1.807) is 7.11 Å². The number of hydrogen-bond acceptors (Lipinski definition) is 3. The highest BCUT2D eigenvalue weighted by Crippen LogP contribution is 2.33. The number of hydrogen-bond donors (Lipinski definition) is 2. The van der Waals surface area contributed by atoms with E-state index >= 15 is 0 Å². The van der Waals surface area contributed by atoms with Crippen LogP contribution in [0.1, 0.15) is 60.3 Å². The van der Waals surface area contributed by atoms with Crippen LogP contribution >= 0.6 is 0 Å². The van der Waals surface area contributed by atoms with Gasteiger partial charge in [0.05, 0.1) is 12.6 Å². The van der Waals surface area contributed by atoms with E-state index < -0.39 is 5.97 Å². The quantitative estimate of drug-likeness (QED) is 0.507. The lowest BCUT2D eigenvalue weighted by atomic mass is 9.78. The number of aromatic nitrogens is 1. The SMILES string of the molecule is COc1ccc2c(CN[C@@H]3CCC[C@@H](C)[C@@H]3C)c(C(=O)O)n(Cc3ccccc3C)c2c1. The van der Waals surface area contributed by atoms with Crippen LogP contribution in [-0.2, 0) is 13.1 Å². The molecular weight excluding hydrogens is 400 g/mol. The van der Waals surface area contributed by atoms with E-state index in [2.05, 4.69) is 38.2 Å². The molecule has 0 unspecified atom stereocenters. The first kappa shape index (κ1) is 22.4. The lowest BCUT2D eigenvalue weighted by molar-refractivity contribution is 0.0684. The molecule has 0 aliphatic heterocycles. The predicted octanol–water partition coefficient (Wildman–Crippen LogP) is 5.62. The molecule has 170 valence electrons. The number of carboxylic acid groups (broad SMARTS) is 1. The van der Waals surface area contributed by atoms with Crippen molar-refractivity contribution in [3.63, 3.8) is 0 Å². The summed E-state index contributed by atoms with van der Waals surface area (Å²) in [6.07, 6.45) is 3.64. The predicted molar refractivity (Wildman–Crippen MR) is 129 cm³/mol. The number of aryl methyl sites for hydroxylation is 1. The third kappa shape index (κ3) is 4.26. The summed E-state index contributed by atoms with van der Waals surface area (Å²) in [5.74, 6) is 1.10. The molecule has 0 saturated heterocycles. The Morgan fingerprint density at radius 1 is 1.19 bits per heavy atom. The number of benzene rings is 2. The van der Waals surface area contributed by atoms with Crippen LogP contribution in [0.2, 0.25) is 0 Å². The fourth-order valence-electron chi connectivity index (χ4n) is 5.18. The van der Waals surface area contributed by atoms with Crippen molar-refractivity contribution in [1.82, 2.24) is 9.88 Å². The zero-order chi connectivity index (χ0) is 22.8. The van der Waals surface area contributed by atoms with Gasteiger partial charge in [-0.05, 0) is 48.4 Å². The summed E-state index contributed by atoms with van der Waals surface area (Å²) in [6.45, 7) is 7.76. The highest BCUT2D eigenvalue weighted by Gasteiger charge is 2.28. The number of carbonyl (C=O) groups is 1. The van der Waals surface area contributed by atoms with Gasteiger partial charge in [0.2, 0.25) is 0 Å². The summed E-state index contributed by atoms with van der Waals surface area (Å²) >= 11 is 0. The van der Waals surface area contributed by atoms with Gasteiger partial charge in [-0.15, -0.1) is 0 Å². The lowest BCUT2D eigenvalue weighted by Crippen LogP contribution is -2.40. The number of nitrogens with one attached hydrogen (secondary N) is 1. The first-order chi connectivity index (χ1) is 15.4. The van der Waals surface area contributed by atoms with Gasteiger partial charge >= 0.3 is 5.97 Å². The van der Waals surface area contributed by atoms with E-state index in [9.17, 15) is 9.90 Å². The van der Waals surface area contributed by atoms with Crippen LogP contribution in [0, 0.1) is 18.8 Å². The minimum atomic E-state index is -0.893. The van der Waals surface area contributed by atoms with Crippen molar-refractivity contribution in [2.45, 2.75) is 59.2 Å². The highest BCUT2D eigenvalue weighted by atomic mass is 16.5. The van der Waals surface area contributed by atoms with Crippen LogP contribution in [0.3, 0.4) is 0 Å². The largest absolute Gasteiger partial charge is 0.497 e. The summed E-state index contributed by atoms with van der Waals surface area (Å²) in [5, 5.41) is 15.0. The Balaban J connectivity index is 1.78. The zero-order valence-corrected chi connectivity index (χ0v) is 19.5. The number of methoxy groups -OCH3 is 1. The summed E-state index contributed by atoms with van der Waals surface area (Å²) in [5.41, 5.74) is 4.38. The van der Waals surface area contributed by atoms with Crippen molar-refractivity contribution in [1.29, 1.82) is 0 Å². The maximum absolute atomic E-state index is 12.5. The molecule has 1 aliphatic rings. The summed E-state index contributed by atoms with van der Waals surface area (Å²) < 4.78 is 7.40. The molecule has 4 rings (SSSR count). The van der Waals surface area contributed by atoms with E-state index in [0.29, 0.717) is 36.7 Å². The molecule has 0 bridgehead atoms. The van der Waals surface area contributed by atoms with Gasteiger partial charge in [0.25, 0.3) is 0 Å². The Morgan fingerprint density at radius 2 is 1.97 bits per heavy atom. The van der Waals surface area contributed by atoms with Crippen LogP contribution in [-0.4, -0.2) is 28.8 Å². The fourth-order valence-corrected chi connectivity index (χ4v) is 5.18. The van der Waals surface area contributed by atoms with Gasteiger partial charge in [0.15, 0.2) is 0 Å². The molecule has 2 N–H and O–H groups in total. The van der Waals surface area contributed by atoms with E-state index in [4.69, 9.17) is 4.74 Å². The third-order valence-electron chi connectivity index (χ3n) is 7.42. The fraction of sp³-hybridized carbons (Fsp3) is 0.444. The molecule has 32 heavy (non-hydrogen) atoms. The van der Waals surface area contributed by atoms with Crippen molar-refractivity contribution >= 4 is 16.9 Å². The number of carboxylic acids is 1. The Morgan fingerprint density at radius 3 is 2.69 bits per heavy atom. The van der Waals surface area contributed by atoms with E-state index in [1.165, 1.54) is 12.8 Å². The van der Waals surface area contributed by atoms with Gasteiger partial charge in [-0.25, -0.2) is 4.79 Å². The van der Waals surface area contributed by atoms with Gasteiger partial charge in [0, 0.05) is 36.1 Å². The molecule has 2 aromatic carbocycles. The van der Waals surface area contributed by atoms with Crippen molar-refractivity contribution in [2.24, 2.45) is 11.8 Å². The molecule has 3 atom stereocenters. The first-order valence-electron chi connectivity index (χ1n) is 11.6. The number of nitrogens with zero attached hydrogens (tertiary/aromatic N) is 1. The van der Waals surface area contributed by atoms with E-state index in [0.717, 1.165) is 39.8 Å².